The molecule has 0 fully saturated rings. The molecule has 0 aromatic heterocycles. The van der Waals surface area contributed by atoms with Crippen molar-refractivity contribution in [3.8, 4) is 0 Å². The van der Waals surface area contributed by atoms with E-state index in [-0.39, 0.29) is 0 Å². The summed E-state index contributed by atoms with van der Waals surface area (Å²) in [6.45, 7) is 0. The van der Waals surface area contributed by atoms with Gasteiger partial charge in [-0.05, 0) is 12.0 Å². The number of hydrogen-bond donors (Lipinski definition) is 2. The van der Waals surface area contributed by atoms with Gasteiger partial charge in [-0.3, -0.25) is 0 Å². The van der Waals surface area contributed by atoms with Gasteiger partial charge in [-0.15, -0.1) is 0 Å². The molecule has 1 atom stereocenters. The molecule has 0 spiro atoms. The summed E-state index contributed by atoms with van der Waals surface area (Å²) < 4.78 is 0. The molecule has 0 saturated heterocycles. The van der Waals surface area contributed by atoms with Crippen molar-refractivity contribution in [3.63, 3.8) is 0 Å². The van der Waals surface area contributed by atoms with Crippen molar-refractivity contribution < 1.29 is 0 Å². The van der Waals surface area contributed by atoms with Gasteiger partial charge in [0.15, 0.2) is 0 Å². The summed E-state index contributed by atoms with van der Waals surface area (Å²) in [5, 5.41) is 0.713. The van der Waals surface area contributed by atoms with Gasteiger partial charge >= 0.3 is 0 Å². The van der Waals surface area contributed by atoms with Crippen molar-refractivity contribution in [2.45, 2.75) is 5.25 Å². The lowest BCUT2D eigenvalue weighted by Crippen LogP contribution is -2.09. The Morgan fingerprint density at radius 1 is 1.40 bits per heavy atom. The van der Waals surface area contributed by atoms with Crippen LogP contribution in [-0.4, -0.2) is 34.5 Å². The summed E-state index contributed by atoms with van der Waals surface area (Å²) in [6.07, 6.45) is 2.14. The second-order valence-corrected chi connectivity index (χ2v) is 4.99. The average molecular weight is 214 g/mol. The second-order valence-electron chi connectivity index (χ2n) is 1.85. The van der Waals surface area contributed by atoms with E-state index in [1.807, 2.05) is 23.5 Å². The Morgan fingerprint density at radius 3 is 2.50 bits per heavy atom. The Kier molecular flexibility index (Phi) is 9.69. The molecule has 4 heteroatoms. The summed E-state index contributed by atoms with van der Waals surface area (Å²) in [4.78, 5) is 0. The SMILES string of the molecule is CSCC(CS)SCCS. The van der Waals surface area contributed by atoms with Crippen molar-refractivity contribution in [2.75, 3.05) is 29.3 Å². The van der Waals surface area contributed by atoms with E-state index >= 15 is 0 Å². The van der Waals surface area contributed by atoms with Gasteiger partial charge in [0.05, 0.1) is 0 Å². The maximum Gasteiger partial charge on any atom is 0.0226 e. The Hall–Kier alpha value is 1.40. The van der Waals surface area contributed by atoms with Crippen LogP contribution in [0.15, 0.2) is 0 Å². The summed E-state index contributed by atoms with van der Waals surface area (Å²) in [5.41, 5.74) is 0. The van der Waals surface area contributed by atoms with Crippen LogP contribution in [0, 0.1) is 0 Å². The molecule has 10 heavy (non-hydrogen) atoms. The zero-order valence-electron chi connectivity index (χ0n) is 6.12. The average Bonchev–Trinajstić information content (AvgIpc) is 1.98. The molecule has 0 N–H and O–H groups in total. The fraction of sp³-hybridized carbons (Fsp3) is 1.00. The molecule has 0 saturated carbocycles. The van der Waals surface area contributed by atoms with Crippen LogP contribution in [0.25, 0.3) is 0 Å². The molecule has 0 aliphatic rings. The minimum Gasteiger partial charge on any atom is -0.179 e. The molecule has 0 rings (SSSR count). The van der Waals surface area contributed by atoms with Crippen LogP contribution >= 0.6 is 48.8 Å². The minimum atomic E-state index is 0.713. The van der Waals surface area contributed by atoms with Gasteiger partial charge in [0, 0.05) is 22.5 Å². The highest BCUT2D eigenvalue weighted by atomic mass is 32.2. The monoisotopic (exact) mass is 214 g/mol. The molecule has 0 aliphatic heterocycles. The molecule has 0 bridgehead atoms. The summed E-state index contributed by atoms with van der Waals surface area (Å²) in [7, 11) is 0. The van der Waals surface area contributed by atoms with Crippen LogP contribution in [0.2, 0.25) is 0 Å². The van der Waals surface area contributed by atoms with E-state index < -0.39 is 0 Å². The van der Waals surface area contributed by atoms with Gasteiger partial charge < -0.3 is 0 Å². The van der Waals surface area contributed by atoms with E-state index in [0.29, 0.717) is 5.25 Å². The lowest BCUT2D eigenvalue weighted by atomic mass is 10.5. The Bertz CT molecular complexity index is 66.8. The summed E-state index contributed by atoms with van der Waals surface area (Å²) in [6, 6.07) is 0. The van der Waals surface area contributed by atoms with Crippen LogP contribution in [-0.2, 0) is 0 Å². The first-order chi connectivity index (χ1) is 4.85. The first-order valence-electron chi connectivity index (χ1n) is 3.17. The second kappa shape index (κ2) is 8.50. The van der Waals surface area contributed by atoms with E-state index in [2.05, 4.69) is 31.5 Å². The van der Waals surface area contributed by atoms with E-state index in [9.17, 15) is 0 Å². The van der Waals surface area contributed by atoms with Crippen LogP contribution in [0.4, 0.5) is 0 Å². The predicted molar refractivity (Wildman–Crippen MR) is 62.3 cm³/mol. The molecule has 0 heterocycles. The highest BCUT2D eigenvalue weighted by Gasteiger charge is 2.04. The van der Waals surface area contributed by atoms with Crippen LogP contribution in [0.5, 0.6) is 0 Å². The van der Waals surface area contributed by atoms with Crippen LogP contribution in [0.1, 0.15) is 0 Å². The molecule has 62 valence electrons. The van der Waals surface area contributed by atoms with Gasteiger partial charge in [-0.25, -0.2) is 0 Å². The lowest BCUT2D eigenvalue weighted by molar-refractivity contribution is 1.15. The van der Waals surface area contributed by atoms with E-state index in [1.54, 1.807) is 0 Å². The highest BCUT2D eigenvalue weighted by Crippen LogP contribution is 2.16. The Morgan fingerprint density at radius 2 is 2.10 bits per heavy atom. The largest absolute Gasteiger partial charge is 0.179 e. The third kappa shape index (κ3) is 6.13. The van der Waals surface area contributed by atoms with E-state index in [0.717, 1.165) is 17.3 Å². The quantitative estimate of drug-likeness (QED) is 0.651. The summed E-state index contributed by atoms with van der Waals surface area (Å²) >= 11 is 12.3. The number of rotatable bonds is 6. The minimum absolute atomic E-state index is 0.713. The van der Waals surface area contributed by atoms with Crippen molar-refractivity contribution in [1.82, 2.24) is 0 Å². The first kappa shape index (κ1) is 11.4. The number of thioether (sulfide) groups is 2. The van der Waals surface area contributed by atoms with Gasteiger partial charge in [0.2, 0.25) is 0 Å². The van der Waals surface area contributed by atoms with Crippen molar-refractivity contribution in [3.05, 3.63) is 0 Å². The molecule has 0 radical (unpaired) electrons. The maximum atomic E-state index is 4.26. The standard InChI is InChI=1S/C6H14S4/c1-9-5-6(4-8)10-3-2-7/h6-8H,2-5H2,1H3. The predicted octanol–water partition coefficient (Wildman–Crippen LogP) is 2.31. The third-order valence-corrected chi connectivity index (χ3v) is 4.41. The first-order valence-corrected chi connectivity index (χ1v) is 6.88. The van der Waals surface area contributed by atoms with Gasteiger partial charge in [0.25, 0.3) is 0 Å². The number of hydrogen-bond acceptors (Lipinski definition) is 4. The zero-order valence-corrected chi connectivity index (χ0v) is 9.54. The fourth-order valence-electron chi connectivity index (χ4n) is 0.559. The molecule has 0 aromatic carbocycles. The van der Waals surface area contributed by atoms with Crippen molar-refractivity contribution in [2.24, 2.45) is 0 Å². The molecule has 0 nitrogen and oxygen atoms in total. The van der Waals surface area contributed by atoms with Gasteiger partial charge in [0.1, 0.15) is 0 Å². The van der Waals surface area contributed by atoms with Crippen LogP contribution < -0.4 is 0 Å². The van der Waals surface area contributed by atoms with Gasteiger partial charge in [-0.1, -0.05) is 0 Å². The third-order valence-electron chi connectivity index (χ3n) is 1.00. The molecule has 1 unspecified atom stereocenters. The maximum absolute atomic E-state index is 4.26. The molecular formula is C6H14S4. The van der Waals surface area contributed by atoms with Crippen LogP contribution in [0.3, 0.4) is 0 Å². The topological polar surface area (TPSA) is 0 Å². The zero-order chi connectivity index (χ0) is 7.82. The lowest BCUT2D eigenvalue weighted by Gasteiger charge is -2.10. The van der Waals surface area contributed by atoms with E-state index in [1.165, 1.54) is 5.75 Å². The van der Waals surface area contributed by atoms with Crippen molar-refractivity contribution in [1.29, 1.82) is 0 Å². The van der Waals surface area contributed by atoms with Crippen molar-refractivity contribution >= 4 is 48.8 Å². The molecular weight excluding hydrogens is 200 g/mol. The normalized spacial score (nSPS) is 13.5. The number of thiol groups is 2. The Balaban J connectivity index is 3.21. The molecule has 0 aliphatic carbocycles. The smallest absolute Gasteiger partial charge is 0.0226 e. The Labute approximate surface area is 83.1 Å². The molecule has 0 amide bonds. The summed E-state index contributed by atoms with van der Waals surface area (Å²) in [5.74, 6) is 4.32. The fourth-order valence-corrected chi connectivity index (χ4v) is 3.32. The van der Waals surface area contributed by atoms with Gasteiger partial charge in [-0.2, -0.15) is 48.8 Å². The highest BCUT2D eigenvalue weighted by molar-refractivity contribution is 8.03. The molecule has 0 aromatic rings. The van der Waals surface area contributed by atoms with E-state index in [4.69, 9.17) is 0 Å².